The molecule has 2 N–H and O–H groups in total. The van der Waals surface area contributed by atoms with Gasteiger partial charge >= 0.3 is 0 Å². The maximum atomic E-state index is 5.88. The number of nitrogens with zero attached hydrogens (tertiary/aromatic N) is 2. The predicted molar refractivity (Wildman–Crippen MR) is 80.8 cm³/mol. The van der Waals surface area contributed by atoms with Crippen molar-refractivity contribution in [2.24, 2.45) is 11.7 Å². The van der Waals surface area contributed by atoms with Gasteiger partial charge in [0.2, 0.25) is 11.7 Å². The molecule has 1 aromatic carbocycles. The largest absolute Gasteiger partial charge is 0.370 e. The second-order valence-electron chi connectivity index (χ2n) is 5.31. The summed E-state index contributed by atoms with van der Waals surface area (Å²) in [6.45, 7) is 7.16. The molecule has 5 heteroatoms. The molecule has 0 aliphatic heterocycles. The van der Waals surface area contributed by atoms with Crippen LogP contribution in [0.5, 0.6) is 0 Å². The number of hydrogen-bond acceptors (Lipinski definition) is 5. The molecular formula is C16H23N3O2. The molecule has 5 nitrogen and oxygen atoms in total. The van der Waals surface area contributed by atoms with Crippen LogP contribution in [0.2, 0.25) is 0 Å². The molecule has 0 aliphatic carbocycles. The van der Waals surface area contributed by atoms with Crippen molar-refractivity contribution in [1.82, 2.24) is 10.1 Å². The van der Waals surface area contributed by atoms with Crippen molar-refractivity contribution in [3.05, 3.63) is 47.6 Å². The first kappa shape index (κ1) is 15.7. The standard InChI is InChI=1S/C16H23N3O2/c1-4-20-14(11(2)3)15-18-16(21-19-15)13(10-17)12-8-6-5-7-9-12/h5-9,11,13-14H,4,10,17H2,1-3H3. The van der Waals surface area contributed by atoms with Crippen LogP contribution in [0.15, 0.2) is 34.9 Å². The van der Waals surface area contributed by atoms with Crippen molar-refractivity contribution in [2.45, 2.75) is 32.8 Å². The lowest BCUT2D eigenvalue weighted by Crippen LogP contribution is -2.15. The van der Waals surface area contributed by atoms with E-state index in [1.807, 2.05) is 37.3 Å². The van der Waals surface area contributed by atoms with E-state index >= 15 is 0 Å². The summed E-state index contributed by atoms with van der Waals surface area (Å²) in [5.74, 6) is 1.34. The molecule has 114 valence electrons. The van der Waals surface area contributed by atoms with E-state index < -0.39 is 0 Å². The van der Waals surface area contributed by atoms with E-state index in [1.54, 1.807) is 0 Å². The average Bonchev–Trinajstić information content (AvgIpc) is 2.95. The summed E-state index contributed by atoms with van der Waals surface area (Å²) in [4.78, 5) is 4.52. The Kier molecular flexibility index (Phi) is 5.47. The summed E-state index contributed by atoms with van der Waals surface area (Å²) in [5.41, 5.74) is 6.96. The van der Waals surface area contributed by atoms with E-state index in [0.29, 0.717) is 24.9 Å². The summed E-state index contributed by atoms with van der Waals surface area (Å²) in [7, 11) is 0. The highest BCUT2D eigenvalue weighted by Crippen LogP contribution is 2.27. The van der Waals surface area contributed by atoms with E-state index in [4.69, 9.17) is 15.0 Å². The Morgan fingerprint density at radius 1 is 1.24 bits per heavy atom. The summed E-state index contributed by atoms with van der Waals surface area (Å²) in [6.07, 6.45) is -0.151. The number of hydrogen-bond donors (Lipinski definition) is 1. The van der Waals surface area contributed by atoms with E-state index in [-0.39, 0.29) is 17.9 Å². The minimum absolute atomic E-state index is 0.0816. The van der Waals surface area contributed by atoms with Crippen molar-refractivity contribution in [3.8, 4) is 0 Å². The number of ether oxygens (including phenoxy) is 1. The topological polar surface area (TPSA) is 74.2 Å². The molecule has 2 unspecified atom stereocenters. The van der Waals surface area contributed by atoms with E-state index in [0.717, 1.165) is 5.56 Å². The van der Waals surface area contributed by atoms with Gasteiger partial charge in [0.25, 0.3) is 0 Å². The molecule has 0 bridgehead atoms. The molecule has 0 spiro atoms. The molecule has 0 fully saturated rings. The minimum atomic E-state index is -0.151. The van der Waals surface area contributed by atoms with Crippen LogP contribution in [0.4, 0.5) is 0 Å². The van der Waals surface area contributed by atoms with E-state index in [9.17, 15) is 0 Å². The van der Waals surface area contributed by atoms with Crippen LogP contribution in [-0.4, -0.2) is 23.3 Å². The summed E-state index contributed by atoms with van der Waals surface area (Å²) >= 11 is 0. The van der Waals surface area contributed by atoms with Gasteiger partial charge in [0.05, 0.1) is 5.92 Å². The van der Waals surface area contributed by atoms with Crippen LogP contribution in [0, 0.1) is 5.92 Å². The van der Waals surface area contributed by atoms with Gasteiger partial charge in [-0.15, -0.1) is 0 Å². The molecule has 0 saturated carbocycles. The smallest absolute Gasteiger partial charge is 0.235 e. The fraction of sp³-hybridized carbons (Fsp3) is 0.500. The van der Waals surface area contributed by atoms with Crippen molar-refractivity contribution >= 4 is 0 Å². The zero-order valence-corrected chi connectivity index (χ0v) is 12.8. The van der Waals surface area contributed by atoms with Gasteiger partial charge in [-0.2, -0.15) is 4.98 Å². The molecule has 0 aliphatic rings. The zero-order chi connectivity index (χ0) is 15.2. The van der Waals surface area contributed by atoms with Gasteiger partial charge in [0.15, 0.2) is 0 Å². The van der Waals surface area contributed by atoms with Crippen molar-refractivity contribution in [1.29, 1.82) is 0 Å². The third kappa shape index (κ3) is 3.68. The Morgan fingerprint density at radius 3 is 2.52 bits per heavy atom. The van der Waals surface area contributed by atoms with Crippen molar-refractivity contribution < 1.29 is 9.26 Å². The first-order valence-electron chi connectivity index (χ1n) is 7.37. The fourth-order valence-electron chi connectivity index (χ4n) is 2.31. The highest BCUT2D eigenvalue weighted by molar-refractivity contribution is 5.25. The third-order valence-corrected chi connectivity index (χ3v) is 3.40. The normalized spacial score (nSPS) is 14.3. The lowest BCUT2D eigenvalue weighted by Gasteiger charge is -2.16. The number of benzene rings is 1. The highest BCUT2D eigenvalue weighted by Gasteiger charge is 2.25. The quantitative estimate of drug-likeness (QED) is 0.848. The number of nitrogens with two attached hydrogens (primary N) is 1. The molecule has 2 atom stereocenters. The first-order valence-corrected chi connectivity index (χ1v) is 7.37. The minimum Gasteiger partial charge on any atom is -0.370 e. The van der Waals surface area contributed by atoms with E-state index in [2.05, 4.69) is 24.0 Å². The van der Waals surface area contributed by atoms with Gasteiger partial charge in [-0.25, -0.2) is 0 Å². The van der Waals surface area contributed by atoms with Gasteiger partial charge in [-0.05, 0) is 18.4 Å². The molecule has 1 heterocycles. The summed E-state index contributed by atoms with van der Waals surface area (Å²) in [6, 6.07) is 9.97. The Labute approximate surface area is 125 Å². The molecule has 1 aromatic heterocycles. The summed E-state index contributed by atoms with van der Waals surface area (Å²) < 4.78 is 11.1. The number of rotatable bonds is 7. The number of aromatic nitrogens is 2. The maximum Gasteiger partial charge on any atom is 0.235 e. The van der Waals surface area contributed by atoms with Gasteiger partial charge < -0.3 is 15.0 Å². The Bertz CT molecular complexity index is 539. The fourth-order valence-corrected chi connectivity index (χ4v) is 2.31. The van der Waals surface area contributed by atoms with Crippen molar-refractivity contribution in [3.63, 3.8) is 0 Å². The van der Waals surface area contributed by atoms with Gasteiger partial charge in [0.1, 0.15) is 6.10 Å². The van der Waals surface area contributed by atoms with Crippen LogP contribution >= 0.6 is 0 Å². The predicted octanol–water partition coefficient (Wildman–Crippen LogP) is 2.89. The van der Waals surface area contributed by atoms with Crippen molar-refractivity contribution in [2.75, 3.05) is 13.2 Å². The zero-order valence-electron chi connectivity index (χ0n) is 12.8. The lowest BCUT2D eigenvalue weighted by atomic mass is 9.99. The van der Waals surface area contributed by atoms with Crippen LogP contribution in [0.1, 0.15) is 50.1 Å². The third-order valence-electron chi connectivity index (χ3n) is 3.40. The Balaban J connectivity index is 2.25. The van der Waals surface area contributed by atoms with Gasteiger partial charge in [-0.1, -0.05) is 49.3 Å². The van der Waals surface area contributed by atoms with Gasteiger partial charge in [0, 0.05) is 13.2 Å². The molecule has 2 aromatic rings. The molecule has 2 rings (SSSR count). The summed E-state index contributed by atoms with van der Waals surface area (Å²) in [5, 5.41) is 4.08. The van der Waals surface area contributed by atoms with Crippen LogP contribution in [0.25, 0.3) is 0 Å². The lowest BCUT2D eigenvalue weighted by molar-refractivity contribution is 0.0217. The van der Waals surface area contributed by atoms with E-state index in [1.165, 1.54) is 0 Å². The second kappa shape index (κ2) is 7.33. The highest BCUT2D eigenvalue weighted by atomic mass is 16.5. The maximum absolute atomic E-state index is 5.88. The SMILES string of the molecule is CCOC(c1noc(C(CN)c2ccccc2)n1)C(C)C. The van der Waals surface area contributed by atoms with Crippen LogP contribution in [-0.2, 0) is 4.74 Å². The van der Waals surface area contributed by atoms with Gasteiger partial charge in [-0.3, -0.25) is 0 Å². The molecule has 0 amide bonds. The van der Waals surface area contributed by atoms with Crippen LogP contribution in [0.3, 0.4) is 0 Å². The monoisotopic (exact) mass is 289 g/mol. The molecule has 0 saturated heterocycles. The molecule has 21 heavy (non-hydrogen) atoms. The Hall–Kier alpha value is -1.72. The molecular weight excluding hydrogens is 266 g/mol. The second-order valence-corrected chi connectivity index (χ2v) is 5.31. The average molecular weight is 289 g/mol. The van der Waals surface area contributed by atoms with Crippen LogP contribution < -0.4 is 5.73 Å². The Morgan fingerprint density at radius 2 is 1.95 bits per heavy atom. The first-order chi connectivity index (χ1) is 10.2. The molecule has 0 radical (unpaired) electrons.